The maximum Gasteiger partial charge on any atom is 0.114 e. The van der Waals surface area contributed by atoms with Crippen molar-refractivity contribution in [3.8, 4) is 11.8 Å². The molecule has 1 fully saturated rings. The van der Waals surface area contributed by atoms with Gasteiger partial charge in [0.05, 0.1) is 0 Å². The molecule has 1 aliphatic carbocycles. The van der Waals surface area contributed by atoms with Crippen LogP contribution in [0.15, 0.2) is 0 Å². The minimum atomic E-state index is -0.493. The van der Waals surface area contributed by atoms with Crippen molar-refractivity contribution in [2.75, 3.05) is 6.61 Å². The van der Waals surface area contributed by atoms with Gasteiger partial charge in [-0.25, -0.2) is 0 Å². The molecular weight excluding hydrogens is 248 g/mol. The molecule has 0 radical (unpaired) electrons. The normalized spacial score (nSPS) is 29.8. The summed E-state index contributed by atoms with van der Waals surface area (Å²) in [5, 5.41) is 19.5. The molecule has 0 saturated heterocycles. The zero-order valence-electron chi connectivity index (χ0n) is 13.7. The number of rotatable bonds is 6. The molecule has 1 unspecified atom stereocenters. The average Bonchev–Trinajstić information content (AvgIpc) is 2.63. The molecule has 2 nitrogen and oxygen atoms in total. The largest absolute Gasteiger partial charge is 0.396 e. The fourth-order valence-corrected chi connectivity index (χ4v) is 3.22. The first-order chi connectivity index (χ1) is 9.37. The predicted octanol–water partition coefficient (Wildman–Crippen LogP) is 3.76. The van der Waals surface area contributed by atoms with Crippen LogP contribution in [-0.4, -0.2) is 22.9 Å². The molecule has 1 saturated carbocycles. The highest BCUT2D eigenvalue weighted by atomic mass is 16.3. The summed E-state index contributed by atoms with van der Waals surface area (Å²) in [5.74, 6) is 6.73. The van der Waals surface area contributed by atoms with Gasteiger partial charge in [-0.15, -0.1) is 0 Å². The van der Waals surface area contributed by atoms with Crippen molar-refractivity contribution in [3.63, 3.8) is 0 Å². The van der Waals surface area contributed by atoms with Gasteiger partial charge in [-0.05, 0) is 43.9 Å². The lowest BCUT2D eigenvalue weighted by Gasteiger charge is -2.37. The zero-order chi connectivity index (χ0) is 15.2. The Morgan fingerprint density at radius 1 is 1.20 bits per heavy atom. The minimum absolute atomic E-state index is 0.0106. The second-order valence-corrected chi connectivity index (χ2v) is 7.11. The summed E-state index contributed by atoms with van der Waals surface area (Å²) in [7, 11) is 0. The van der Waals surface area contributed by atoms with E-state index in [4.69, 9.17) is 0 Å². The van der Waals surface area contributed by atoms with E-state index in [9.17, 15) is 10.2 Å². The van der Waals surface area contributed by atoms with E-state index in [-0.39, 0.29) is 17.4 Å². The Balaban J connectivity index is 2.57. The SMILES string of the molecule is CCCCCCC(O)C#C[C@]1(C)CC[C@H](CO)C1(C)C. The third-order valence-corrected chi connectivity index (χ3v) is 5.50. The monoisotopic (exact) mass is 280 g/mol. The summed E-state index contributed by atoms with van der Waals surface area (Å²) in [6, 6.07) is 0. The maximum atomic E-state index is 9.99. The number of hydrogen-bond donors (Lipinski definition) is 2. The van der Waals surface area contributed by atoms with Crippen LogP contribution in [0.1, 0.15) is 72.6 Å². The van der Waals surface area contributed by atoms with Gasteiger partial charge in [0.15, 0.2) is 0 Å². The summed E-state index contributed by atoms with van der Waals surface area (Å²) >= 11 is 0. The molecule has 0 spiro atoms. The van der Waals surface area contributed by atoms with Gasteiger partial charge in [-0.2, -0.15) is 0 Å². The van der Waals surface area contributed by atoms with Gasteiger partial charge in [0.25, 0.3) is 0 Å². The van der Waals surface area contributed by atoms with Crippen molar-refractivity contribution in [2.24, 2.45) is 16.7 Å². The second kappa shape index (κ2) is 7.48. The Kier molecular flexibility index (Phi) is 6.55. The third kappa shape index (κ3) is 3.99. The fourth-order valence-electron chi connectivity index (χ4n) is 3.22. The highest BCUT2D eigenvalue weighted by Gasteiger charge is 2.50. The molecule has 0 amide bonds. The molecule has 2 heteroatoms. The van der Waals surface area contributed by atoms with Crippen molar-refractivity contribution in [1.82, 2.24) is 0 Å². The highest BCUT2D eigenvalue weighted by Crippen LogP contribution is 2.55. The molecule has 3 atom stereocenters. The number of aliphatic hydroxyl groups is 2. The third-order valence-electron chi connectivity index (χ3n) is 5.50. The Labute approximate surface area is 125 Å². The molecular formula is C18H32O2. The van der Waals surface area contributed by atoms with Gasteiger partial charge in [-0.3, -0.25) is 0 Å². The lowest BCUT2D eigenvalue weighted by molar-refractivity contribution is 0.0909. The molecule has 20 heavy (non-hydrogen) atoms. The van der Waals surface area contributed by atoms with E-state index in [0.717, 1.165) is 25.7 Å². The van der Waals surface area contributed by atoms with Crippen LogP contribution in [0, 0.1) is 28.6 Å². The van der Waals surface area contributed by atoms with Crippen LogP contribution in [-0.2, 0) is 0 Å². The van der Waals surface area contributed by atoms with Crippen molar-refractivity contribution in [3.05, 3.63) is 0 Å². The summed E-state index contributed by atoms with van der Waals surface area (Å²) < 4.78 is 0. The van der Waals surface area contributed by atoms with Crippen LogP contribution in [0.5, 0.6) is 0 Å². The van der Waals surface area contributed by atoms with Crippen molar-refractivity contribution < 1.29 is 10.2 Å². The van der Waals surface area contributed by atoms with Gasteiger partial charge in [-0.1, -0.05) is 51.9 Å². The van der Waals surface area contributed by atoms with Crippen LogP contribution < -0.4 is 0 Å². The molecule has 2 N–H and O–H groups in total. The molecule has 0 heterocycles. The molecule has 116 valence electrons. The van der Waals surface area contributed by atoms with Crippen LogP contribution in [0.25, 0.3) is 0 Å². The molecule has 0 aromatic carbocycles. The lowest BCUT2D eigenvalue weighted by Crippen LogP contribution is -2.34. The first kappa shape index (κ1) is 17.5. The van der Waals surface area contributed by atoms with Crippen LogP contribution >= 0.6 is 0 Å². The Bertz CT molecular complexity index is 350. The van der Waals surface area contributed by atoms with Gasteiger partial charge in [0, 0.05) is 12.0 Å². The first-order valence-corrected chi connectivity index (χ1v) is 8.19. The number of unbranched alkanes of at least 4 members (excludes halogenated alkanes) is 3. The van der Waals surface area contributed by atoms with E-state index < -0.39 is 6.10 Å². The molecule has 0 aliphatic heterocycles. The Hall–Kier alpha value is -0.520. The van der Waals surface area contributed by atoms with E-state index in [1.165, 1.54) is 19.3 Å². The molecule has 0 bridgehead atoms. The second-order valence-electron chi connectivity index (χ2n) is 7.11. The van der Waals surface area contributed by atoms with E-state index in [2.05, 4.69) is 39.5 Å². The minimum Gasteiger partial charge on any atom is -0.396 e. The van der Waals surface area contributed by atoms with Crippen LogP contribution in [0.2, 0.25) is 0 Å². The summed E-state index contributed by atoms with van der Waals surface area (Å²) in [6.07, 6.45) is 7.04. The van der Waals surface area contributed by atoms with Crippen molar-refractivity contribution >= 4 is 0 Å². The number of hydrogen-bond acceptors (Lipinski definition) is 2. The molecule has 1 rings (SSSR count). The topological polar surface area (TPSA) is 40.5 Å². The van der Waals surface area contributed by atoms with Gasteiger partial charge in [0.2, 0.25) is 0 Å². The lowest BCUT2D eigenvalue weighted by atomic mass is 9.66. The quantitative estimate of drug-likeness (QED) is 0.574. The summed E-state index contributed by atoms with van der Waals surface area (Å²) in [4.78, 5) is 0. The van der Waals surface area contributed by atoms with E-state index in [1.54, 1.807) is 0 Å². The Morgan fingerprint density at radius 3 is 2.45 bits per heavy atom. The fraction of sp³-hybridized carbons (Fsp3) is 0.889. The van der Waals surface area contributed by atoms with Crippen LogP contribution in [0.3, 0.4) is 0 Å². The smallest absolute Gasteiger partial charge is 0.114 e. The van der Waals surface area contributed by atoms with Gasteiger partial charge >= 0.3 is 0 Å². The predicted molar refractivity (Wildman–Crippen MR) is 84.2 cm³/mol. The van der Waals surface area contributed by atoms with E-state index in [1.807, 2.05) is 0 Å². The maximum absolute atomic E-state index is 9.99. The van der Waals surface area contributed by atoms with Crippen molar-refractivity contribution in [2.45, 2.75) is 78.7 Å². The van der Waals surface area contributed by atoms with Crippen molar-refractivity contribution in [1.29, 1.82) is 0 Å². The molecule has 0 aromatic heterocycles. The molecule has 0 aromatic rings. The van der Waals surface area contributed by atoms with Gasteiger partial charge < -0.3 is 10.2 Å². The summed E-state index contributed by atoms with van der Waals surface area (Å²) in [6.45, 7) is 9.01. The average molecular weight is 280 g/mol. The standard InChI is InChI=1S/C18H32O2/c1-5-6-7-8-9-16(20)11-13-18(4)12-10-15(14-19)17(18,2)3/h15-16,19-20H,5-10,12,14H2,1-4H3/t15-,16?,18+/m1/s1. The first-order valence-electron chi connectivity index (χ1n) is 8.19. The van der Waals surface area contributed by atoms with E-state index in [0.29, 0.717) is 5.92 Å². The Morgan fingerprint density at radius 2 is 1.90 bits per heavy atom. The van der Waals surface area contributed by atoms with Crippen LogP contribution in [0.4, 0.5) is 0 Å². The summed E-state index contributed by atoms with van der Waals surface area (Å²) in [5.41, 5.74) is -0.0819. The highest BCUT2D eigenvalue weighted by molar-refractivity contribution is 5.20. The zero-order valence-corrected chi connectivity index (χ0v) is 13.7. The van der Waals surface area contributed by atoms with E-state index >= 15 is 0 Å². The molecule has 1 aliphatic rings. The van der Waals surface area contributed by atoms with Gasteiger partial charge in [0.1, 0.15) is 6.10 Å². The number of aliphatic hydroxyl groups excluding tert-OH is 2.